The highest BCUT2D eigenvalue weighted by Crippen LogP contribution is 2.49. The second-order valence-electron chi connectivity index (χ2n) is 10.0. The van der Waals surface area contributed by atoms with Gasteiger partial charge in [0, 0.05) is 23.4 Å². The van der Waals surface area contributed by atoms with Crippen LogP contribution in [0.4, 0.5) is 0 Å². The number of hydrogen-bond acceptors (Lipinski definition) is 11. The van der Waals surface area contributed by atoms with Gasteiger partial charge in [-0.15, -0.1) is 0 Å². The topological polar surface area (TPSA) is 158 Å². The van der Waals surface area contributed by atoms with E-state index >= 15 is 0 Å². The molecule has 0 amide bonds. The van der Waals surface area contributed by atoms with Gasteiger partial charge in [0.05, 0.1) is 19.3 Å². The molecule has 0 aromatic carbocycles. The Hall–Kier alpha value is -0.800. The molecule has 1 aliphatic heterocycles. The number of carbonyl (C=O) groups is 2. The van der Waals surface area contributed by atoms with Crippen molar-refractivity contribution in [2.24, 2.45) is 5.41 Å². The van der Waals surface area contributed by atoms with Crippen molar-refractivity contribution >= 4 is 64.5 Å². The van der Waals surface area contributed by atoms with Gasteiger partial charge in [-0.05, 0) is 32.6 Å². The summed E-state index contributed by atoms with van der Waals surface area (Å²) in [5, 5.41) is 13.6. The van der Waals surface area contributed by atoms with Crippen molar-refractivity contribution < 1.29 is 33.2 Å². The second kappa shape index (κ2) is 13.9. The van der Waals surface area contributed by atoms with E-state index in [2.05, 4.69) is 10.1 Å². The van der Waals surface area contributed by atoms with E-state index in [4.69, 9.17) is 53.5 Å². The van der Waals surface area contributed by atoms with Crippen molar-refractivity contribution in [3.8, 4) is 0 Å². The van der Waals surface area contributed by atoms with E-state index in [1.165, 1.54) is 6.92 Å². The Balaban J connectivity index is 2.16. The first-order valence-corrected chi connectivity index (χ1v) is 16.3. The molecule has 1 fully saturated rings. The van der Waals surface area contributed by atoms with Crippen LogP contribution in [0.15, 0.2) is 21.9 Å². The minimum absolute atomic E-state index is 0.0150. The number of thioether (sulfide) groups is 1. The maximum atomic E-state index is 12.4. The van der Waals surface area contributed by atoms with Gasteiger partial charge in [-0.25, -0.2) is 9.88 Å². The van der Waals surface area contributed by atoms with Crippen LogP contribution in [0.5, 0.6) is 0 Å². The summed E-state index contributed by atoms with van der Waals surface area (Å²) in [6, 6.07) is 0.159. The van der Waals surface area contributed by atoms with Gasteiger partial charge in [0.2, 0.25) is 0 Å². The van der Waals surface area contributed by atoms with E-state index in [0.29, 0.717) is 0 Å². The van der Waals surface area contributed by atoms with Crippen molar-refractivity contribution in [3.63, 3.8) is 0 Å². The molecule has 222 valence electrons. The van der Waals surface area contributed by atoms with Crippen LogP contribution in [-0.2, 0) is 39.9 Å². The molecule has 12 nitrogen and oxygen atoms in total. The van der Waals surface area contributed by atoms with Crippen LogP contribution in [0.1, 0.15) is 47.8 Å². The zero-order valence-corrected chi connectivity index (χ0v) is 26.4. The molecule has 1 aromatic rings. The molecular formula is C22H34Cl2N3O9PS2. The molecule has 1 saturated heterocycles. The Kier molecular flexibility index (Phi) is 12.3. The maximum absolute atomic E-state index is 12.4. The molecule has 2 heterocycles. The summed E-state index contributed by atoms with van der Waals surface area (Å²) in [5.74, 6) is -0.310. The molecule has 1 aromatic heterocycles. The Morgan fingerprint density at radius 3 is 2.51 bits per heavy atom. The molecule has 0 spiro atoms. The lowest BCUT2D eigenvalue weighted by molar-refractivity contribution is -0.149. The van der Waals surface area contributed by atoms with Crippen LogP contribution in [-0.4, -0.2) is 73.4 Å². The summed E-state index contributed by atoms with van der Waals surface area (Å²) < 4.78 is 21.6. The third-order valence-corrected chi connectivity index (χ3v) is 9.87. The van der Waals surface area contributed by atoms with Crippen molar-refractivity contribution in [2.45, 2.75) is 76.5 Å². The molecule has 5 atom stereocenters. The number of H-pyrrole nitrogens is 1. The summed E-state index contributed by atoms with van der Waals surface area (Å²) in [6.45, 7) is 6.52. The molecule has 0 radical (unpaired) electrons. The zero-order valence-electron chi connectivity index (χ0n) is 22.3. The number of alkyl halides is 2. The van der Waals surface area contributed by atoms with Gasteiger partial charge in [-0.1, -0.05) is 55.7 Å². The maximum Gasteiger partial charge on any atom is 0.330 e. The van der Waals surface area contributed by atoms with Crippen LogP contribution < -0.4 is 16.3 Å². The molecule has 1 aliphatic rings. The van der Waals surface area contributed by atoms with Crippen molar-refractivity contribution in [3.05, 3.63) is 33.1 Å². The summed E-state index contributed by atoms with van der Waals surface area (Å²) in [6.07, 6.45) is -3.32. The van der Waals surface area contributed by atoms with Crippen molar-refractivity contribution in [1.29, 1.82) is 0 Å². The number of halogens is 2. The number of hydrogen-bond donors (Lipinski definition) is 3. The number of rotatable bonds is 12. The molecular weight excluding hydrogens is 616 g/mol. The number of esters is 1. The molecule has 0 aliphatic carbocycles. The highest BCUT2D eigenvalue weighted by molar-refractivity contribution is 8.13. The number of ether oxygens (including phenoxy) is 2. The second-order valence-corrected chi connectivity index (χ2v) is 15.7. The van der Waals surface area contributed by atoms with Gasteiger partial charge in [0.25, 0.3) is 12.2 Å². The van der Waals surface area contributed by atoms with Crippen LogP contribution in [0.2, 0.25) is 0 Å². The van der Waals surface area contributed by atoms with E-state index in [9.17, 15) is 24.3 Å². The molecule has 1 unspecified atom stereocenters. The normalized spacial score (nSPS) is 23.4. The third kappa shape index (κ3) is 9.63. The number of nitrogens with zero attached hydrogens (tertiary/aromatic N) is 1. The average Bonchev–Trinajstić information content (AvgIpc) is 3.03. The van der Waals surface area contributed by atoms with Crippen LogP contribution in [0.25, 0.3) is 0 Å². The zero-order chi connectivity index (χ0) is 29.8. The third-order valence-electron chi connectivity index (χ3n) is 5.14. The Morgan fingerprint density at radius 2 is 1.95 bits per heavy atom. The highest BCUT2D eigenvalue weighted by Gasteiger charge is 2.56. The minimum Gasteiger partial charge on any atom is -0.462 e. The first kappa shape index (κ1) is 34.4. The number of aliphatic hydroxyl groups is 1. The van der Waals surface area contributed by atoms with E-state index in [0.717, 1.165) is 28.6 Å². The molecule has 2 rings (SSSR count). The first-order chi connectivity index (χ1) is 17.9. The fourth-order valence-corrected chi connectivity index (χ4v) is 7.00. The Labute approximate surface area is 245 Å². The number of aromatic amines is 1. The molecule has 39 heavy (non-hydrogen) atoms. The summed E-state index contributed by atoms with van der Waals surface area (Å²) in [7, 11) is 0. The van der Waals surface area contributed by atoms with Crippen molar-refractivity contribution in [2.75, 3.05) is 19.0 Å². The Bertz CT molecular complexity index is 1190. The predicted molar refractivity (Wildman–Crippen MR) is 153 cm³/mol. The summed E-state index contributed by atoms with van der Waals surface area (Å²) >= 11 is 19.4. The van der Waals surface area contributed by atoms with Crippen LogP contribution in [0.3, 0.4) is 0 Å². The number of aromatic nitrogens is 2. The monoisotopic (exact) mass is 649 g/mol. The lowest BCUT2D eigenvalue weighted by Crippen LogP contribution is -2.41. The van der Waals surface area contributed by atoms with E-state index in [-0.39, 0.29) is 30.2 Å². The lowest BCUT2D eigenvalue weighted by atomic mass is 10.00. The minimum atomic E-state index is -3.44. The largest absolute Gasteiger partial charge is 0.462 e. The fraction of sp³-hybridized carbons (Fsp3) is 0.727. The molecule has 17 heteroatoms. The van der Waals surface area contributed by atoms with Gasteiger partial charge in [0.15, 0.2) is 15.7 Å². The van der Waals surface area contributed by atoms with E-state index in [1.807, 2.05) is 0 Å². The van der Waals surface area contributed by atoms with Gasteiger partial charge in [0.1, 0.15) is 18.2 Å². The van der Waals surface area contributed by atoms with Crippen LogP contribution >= 0.6 is 41.6 Å². The van der Waals surface area contributed by atoms with Crippen molar-refractivity contribution in [1.82, 2.24) is 14.6 Å². The van der Waals surface area contributed by atoms with Gasteiger partial charge in [-0.2, -0.15) is 0 Å². The molecule has 0 saturated carbocycles. The first-order valence-electron chi connectivity index (χ1n) is 11.9. The average molecular weight is 651 g/mol. The molecule has 0 bridgehead atoms. The quantitative estimate of drug-likeness (QED) is 0.132. The number of aliphatic hydroxyl groups excluding tert-OH is 1. The molecule has 3 N–H and O–H groups in total. The standard InChI is InChI=1S/C22H34Cl2N3O9PS2/c1-12(2)35-17(30)13(3)26-37(38,33-9-10-39-19(31)21(4,5)6)34-11-14-16(29)22(23,24)18(36-14)27-8-7-15(28)25-20(27)32/h7-8,12-14,16,18,29H,9-11H2,1-6H3,(H,26,38)(H,25,28,32)/t13-,14-,16-,18-,37?/m1/s1. The number of nitrogens with one attached hydrogen (secondary N) is 2. The summed E-state index contributed by atoms with van der Waals surface area (Å²) in [4.78, 5) is 50.3. The van der Waals surface area contributed by atoms with Gasteiger partial charge >= 0.3 is 11.7 Å². The predicted octanol–water partition coefficient (Wildman–Crippen LogP) is 2.46. The van der Waals surface area contributed by atoms with Gasteiger partial charge < -0.3 is 23.6 Å². The van der Waals surface area contributed by atoms with E-state index < -0.39 is 58.1 Å². The lowest BCUT2D eigenvalue weighted by Gasteiger charge is -2.28. The summed E-state index contributed by atoms with van der Waals surface area (Å²) in [5.41, 5.74) is -2.02. The van der Waals surface area contributed by atoms with Gasteiger partial charge in [-0.3, -0.25) is 23.9 Å². The van der Waals surface area contributed by atoms with E-state index in [1.54, 1.807) is 34.6 Å². The fourth-order valence-electron chi connectivity index (χ4n) is 3.13. The smallest absolute Gasteiger partial charge is 0.330 e. The SMILES string of the molecule is CC(C)OC(=O)[C@@H](C)NP(=S)(OCCSC(=O)C(C)(C)C)OC[C@H]1O[C@@H](n2ccc(=O)[nH]c2=O)C(Cl)(Cl)[C@@H]1O. The Morgan fingerprint density at radius 1 is 1.31 bits per heavy atom. The van der Waals surface area contributed by atoms with Crippen LogP contribution in [0, 0.1) is 5.41 Å². The number of carbonyl (C=O) groups excluding carboxylic acids is 2. The highest BCUT2D eigenvalue weighted by atomic mass is 35.5.